The van der Waals surface area contributed by atoms with Gasteiger partial charge in [-0.15, -0.1) is 0 Å². The third-order valence-corrected chi connectivity index (χ3v) is 3.17. The molecule has 0 aromatic heterocycles. The first-order valence-corrected chi connectivity index (χ1v) is 6.66. The largest absolute Gasteiger partial charge is 0.465 e. The zero-order chi connectivity index (χ0) is 15.3. The molecule has 0 saturated carbocycles. The van der Waals surface area contributed by atoms with E-state index in [-0.39, 0.29) is 29.9 Å². The van der Waals surface area contributed by atoms with Gasteiger partial charge in [0, 0.05) is 17.5 Å². The van der Waals surface area contributed by atoms with Gasteiger partial charge in [0.2, 0.25) is 5.91 Å². The fourth-order valence-electron chi connectivity index (χ4n) is 1.56. The van der Waals surface area contributed by atoms with Crippen molar-refractivity contribution in [1.29, 1.82) is 0 Å². The van der Waals surface area contributed by atoms with Crippen molar-refractivity contribution in [3.05, 3.63) is 28.8 Å². The lowest BCUT2D eigenvalue weighted by Crippen LogP contribution is -2.31. The molecule has 1 aromatic rings. The average molecular weight is 299 g/mol. The molecule has 1 atom stereocenters. The van der Waals surface area contributed by atoms with Crippen LogP contribution in [-0.2, 0) is 9.53 Å². The fourth-order valence-corrected chi connectivity index (χ4v) is 1.73. The van der Waals surface area contributed by atoms with Gasteiger partial charge >= 0.3 is 5.97 Å². The molecule has 1 amide bonds. The van der Waals surface area contributed by atoms with Crippen LogP contribution >= 0.6 is 11.6 Å². The fraction of sp³-hybridized carbons (Fsp3) is 0.429. The van der Waals surface area contributed by atoms with Crippen molar-refractivity contribution in [3.8, 4) is 0 Å². The Bertz CT molecular complexity index is 503. The van der Waals surface area contributed by atoms with Gasteiger partial charge in [0.15, 0.2) is 0 Å². The van der Waals surface area contributed by atoms with E-state index in [2.05, 4.69) is 10.1 Å². The molecule has 5 nitrogen and oxygen atoms in total. The smallest absolute Gasteiger partial charge is 0.339 e. The van der Waals surface area contributed by atoms with Gasteiger partial charge in [-0.25, -0.2) is 4.79 Å². The standard InChI is InChI=1S/C14H19ClN2O3/c1-8(2)11(16)7-13(18)17-12-6-9(15)4-5-10(12)14(19)20-3/h4-6,8,11H,7,16H2,1-3H3,(H,17,18). The average Bonchev–Trinajstić information content (AvgIpc) is 2.37. The Morgan fingerprint density at radius 3 is 2.60 bits per heavy atom. The van der Waals surface area contributed by atoms with Gasteiger partial charge in [0.25, 0.3) is 0 Å². The third kappa shape index (κ3) is 4.51. The molecule has 0 aliphatic heterocycles. The Morgan fingerprint density at radius 2 is 2.05 bits per heavy atom. The van der Waals surface area contributed by atoms with Crippen LogP contribution in [0, 0.1) is 5.92 Å². The van der Waals surface area contributed by atoms with Crippen molar-refractivity contribution in [1.82, 2.24) is 0 Å². The first-order valence-electron chi connectivity index (χ1n) is 6.28. The summed E-state index contributed by atoms with van der Waals surface area (Å²) in [5.74, 6) is -0.607. The number of carbonyl (C=O) groups is 2. The summed E-state index contributed by atoms with van der Waals surface area (Å²) in [7, 11) is 1.28. The summed E-state index contributed by atoms with van der Waals surface area (Å²) in [5, 5.41) is 3.07. The van der Waals surface area contributed by atoms with Gasteiger partial charge < -0.3 is 15.8 Å². The molecule has 1 unspecified atom stereocenters. The van der Waals surface area contributed by atoms with E-state index in [1.807, 2.05) is 13.8 Å². The Labute approximate surface area is 123 Å². The second-order valence-corrected chi connectivity index (χ2v) is 5.28. The van der Waals surface area contributed by atoms with Crippen molar-refractivity contribution in [2.75, 3.05) is 12.4 Å². The Hall–Kier alpha value is -1.59. The highest BCUT2D eigenvalue weighted by atomic mass is 35.5. The number of amides is 1. The van der Waals surface area contributed by atoms with Crippen LogP contribution in [0.1, 0.15) is 30.6 Å². The number of methoxy groups -OCH3 is 1. The van der Waals surface area contributed by atoms with Crippen molar-refractivity contribution < 1.29 is 14.3 Å². The number of carbonyl (C=O) groups excluding carboxylic acids is 2. The SMILES string of the molecule is COC(=O)c1ccc(Cl)cc1NC(=O)CC(N)C(C)C. The molecule has 20 heavy (non-hydrogen) atoms. The second kappa shape index (κ2) is 7.26. The second-order valence-electron chi connectivity index (χ2n) is 4.84. The lowest BCUT2D eigenvalue weighted by Gasteiger charge is -2.16. The highest BCUT2D eigenvalue weighted by Crippen LogP contribution is 2.22. The highest BCUT2D eigenvalue weighted by Gasteiger charge is 2.17. The van der Waals surface area contributed by atoms with E-state index in [0.717, 1.165) is 0 Å². The van der Waals surface area contributed by atoms with Gasteiger partial charge in [-0.2, -0.15) is 0 Å². The predicted octanol–water partition coefficient (Wildman–Crippen LogP) is 2.44. The number of esters is 1. The van der Waals surface area contributed by atoms with Crippen molar-refractivity contribution in [3.63, 3.8) is 0 Å². The topological polar surface area (TPSA) is 81.4 Å². The van der Waals surface area contributed by atoms with Crippen LogP contribution in [0.5, 0.6) is 0 Å². The molecule has 1 rings (SSSR count). The van der Waals surface area contributed by atoms with Crippen LogP contribution in [0.2, 0.25) is 5.02 Å². The number of nitrogens with one attached hydrogen (secondary N) is 1. The number of nitrogens with two attached hydrogens (primary N) is 1. The predicted molar refractivity (Wildman–Crippen MR) is 78.9 cm³/mol. The lowest BCUT2D eigenvalue weighted by atomic mass is 10.0. The van der Waals surface area contributed by atoms with Gasteiger partial charge in [0.05, 0.1) is 18.4 Å². The van der Waals surface area contributed by atoms with E-state index in [9.17, 15) is 9.59 Å². The molecule has 0 spiro atoms. The Kier molecular flexibility index (Phi) is 5.98. The van der Waals surface area contributed by atoms with Crippen LogP contribution in [-0.4, -0.2) is 25.0 Å². The maximum absolute atomic E-state index is 11.9. The zero-order valence-electron chi connectivity index (χ0n) is 11.8. The molecule has 0 aliphatic carbocycles. The summed E-state index contributed by atoms with van der Waals surface area (Å²) in [5.41, 5.74) is 6.42. The quantitative estimate of drug-likeness (QED) is 0.818. The molecule has 0 saturated heterocycles. The van der Waals surface area contributed by atoms with Crippen molar-refractivity contribution in [2.24, 2.45) is 11.7 Å². The van der Waals surface area contributed by atoms with E-state index in [1.165, 1.54) is 19.2 Å². The molecule has 0 aliphatic rings. The molecule has 3 N–H and O–H groups in total. The molecule has 0 bridgehead atoms. The number of anilines is 1. The Balaban J connectivity index is 2.88. The molecule has 0 heterocycles. The molecular formula is C14H19ClN2O3. The molecule has 110 valence electrons. The van der Waals surface area contributed by atoms with Crippen LogP contribution < -0.4 is 11.1 Å². The van der Waals surface area contributed by atoms with Gasteiger partial charge in [-0.05, 0) is 24.1 Å². The number of rotatable bonds is 5. The van der Waals surface area contributed by atoms with Crippen LogP contribution in [0.25, 0.3) is 0 Å². The summed E-state index contributed by atoms with van der Waals surface area (Å²) in [4.78, 5) is 23.5. The summed E-state index contributed by atoms with van der Waals surface area (Å²) in [6, 6.07) is 4.33. The lowest BCUT2D eigenvalue weighted by molar-refractivity contribution is -0.116. The van der Waals surface area contributed by atoms with Crippen molar-refractivity contribution >= 4 is 29.2 Å². The number of halogens is 1. The summed E-state index contributed by atoms with van der Waals surface area (Å²) in [6.07, 6.45) is 0.171. The number of hydrogen-bond acceptors (Lipinski definition) is 4. The minimum absolute atomic E-state index is 0.171. The van der Waals surface area contributed by atoms with E-state index in [0.29, 0.717) is 10.7 Å². The minimum atomic E-state index is -0.537. The van der Waals surface area contributed by atoms with E-state index in [4.69, 9.17) is 17.3 Å². The van der Waals surface area contributed by atoms with Crippen LogP contribution in [0.3, 0.4) is 0 Å². The number of benzene rings is 1. The summed E-state index contributed by atoms with van der Waals surface area (Å²) >= 11 is 5.88. The van der Waals surface area contributed by atoms with Gasteiger partial charge in [-0.1, -0.05) is 25.4 Å². The first-order chi connectivity index (χ1) is 9.35. The van der Waals surface area contributed by atoms with Crippen molar-refractivity contribution in [2.45, 2.75) is 26.3 Å². The highest BCUT2D eigenvalue weighted by molar-refractivity contribution is 6.31. The van der Waals surface area contributed by atoms with E-state index >= 15 is 0 Å². The van der Waals surface area contributed by atoms with Gasteiger partial charge in [-0.3, -0.25) is 4.79 Å². The maximum Gasteiger partial charge on any atom is 0.339 e. The molecular weight excluding hydrogens is 280 g/mol. The number of hydrogen-bond donors (Lipinski definition) is 2. The number of ether oxygens (including phenoxy) is 1. The summed E-state index contributed by atoms with van der Waals surface area (Å²) < 4.78 is 4.66. The maximum atomic E-state index is 11.9. The van der Waals surface area contributed by atoms with Crippen LogP contribution in [0.15, 0.2) is 18.2 Å². The molecule has 0 fully saturated rings. The van der Waals surface area contributed by atoms with Gasteiger partial charge in [0.1, 0.15) is 0 Å². The Morgan fingerprint density at radius 1 is 1.40 bits per heavy atom. The zero-order valence-corrected chi connectivity index (χ0v) is 12.5. The molecule has 0 radical (unpaired) electrons. The third-order valence-electron chi connectivity index (χ3n) is 2.94. The van der Waals surface area contributed by atoms with E-state index in [1.54, 1.807) is 6.07 Å². The summed E-state index contributed by atoms with van der Waals surface area (Å²) in [6.45, 7) is 3.88. The monoisotopic (exact) mass is 298 g/mol. The van der Waals surface area contributed by atoms with E-state index < -0.39 is 5.97 Å². The van der Waals surface area contributed by atoms with Crippen LogP contribution in [0.4, 0.5) is 5.69 Å². The first kappa shape index (κ1) is 16.5. The normalized spacial score (nSPS) is 12.1. The molecule has 6 heteroatoms. The molecule has 1 aromatic carbocycles. The minimum Gasteiger partial charge on any atom is -0.465 e.